The first kappa shape index (κ1) is 14.0. The van der Waals surface area contributed by atoms with Gasteiger partial charge in [-0.15, -0.1) is 11.3 Å². The van der Waals surface area contributed by atoms with Crippen molar-refractivity contribution >= 4 is 46.1 Å². The smallest absolute Gasteiger partial charge is 0.160 e. The summed E-state index contributed by atoms with van der Waals surface area (Å²) in [5.74, 6) is -2.17. The molecule has 1 N–H and O–H groups in total. The number of thiophene rings is 1. The Hall–Kier alpha value is -0.390. The largest absolute Gasteiger partial charge is 0.384 e. The first-order valence-electron chi connectivity index (χ1n) is 4.67. The average Bonchev–Trinajstić information content (AvgIpc) is 2.62. The number of benzene rings is 1. The lowest BCUT2D eigenvalue weighted by Gasteiger charge is -2.12. The van der Waals surface area contributed by atoms with Crippen LogP contribution in [0.15, 0.2) is 18.2 Å². The molecule has 18 heavy (non-hydrogen) atoms. The van der Waals surface area contributed by atoms with E-state index in [0.29, 0.717) is 9.90 Å². The van der Waals surface area contributed by atoms with Gasteiger partial charge in [0.2, 0.25) is 0 Å². The quantitative estimate of drug-likeness (QED) is 0.763. The maximum Gasteiger partial charge on any atom is 0.160 e. The van der Waals surface area contributed by atoms with E-state index >= 15 is 0 Å². The number of halogens is 5. The SMILES string of the molecule is OC(c1cc(F)c(F)cc1Cl)c1cc(Cl)sc1Cl. The first-order chi connectivity index (χ1) is 8.40. The molecule has 96 valence electrons. The zero-order chi connectivity index (χ0) is 13.4. The van der Waals surface area contributed by atoms with Gasteiger partial charge in [-0.05, 0) is 18.2 Å². The number of rotatable bonds is 2. The molecule has 0 aliphatic carbocycles. The Morgan fingerprint density at radius 3 is 2.17 bits per heavy atom. The molecule has 0 amide bonds. The maximum atomic E-state index is 13.1. The van der Waals surface area contributed by atoms with Gasteiger partial charge in [0.05, 0.1) is 4.34 Å². The fraction of sp³-hybridized carbons (Fsp3) is 0.0909. The Balaban J connectivity index is 2.49. The highest BCUT2D eigenvalue weighted by atomic mass is 35.5. The van der Waals surface area contributed by atoms with Crippen LogP contribution in [0.4, 0.5) is 8.78 Å². The molecule has 0 spiro atoms. The molecule has 0 aliphatic heterocycles. The standard InChI is InChI=1S/C11H5Cl3F2OS/c12-6-3-8(16)7(15)1-4(6)10(17)5-2-9(13)18-11(5)14/h1-3,10,17H. The van der Waals surface area contributed by atoms with Crippen LogP contribution in [0.1, 0.15) is 17.2 Å². The third kappa shape index (κ3) is 2.63. The molecule has 0 bridgehead atoms. The minimum absolute atomic E-state index is 0.0342. The van der Waals surface area contributed by atoms with Gasteiger partial charge in [-0.25, -0.2) is 8.78 Å². The molecule has 2 aromatic rings. The van der Waals surface area contributed by atoms with Crippen molar-refractivity contribution < 1.29 is 13.9 Å². The summed E-state index contributed by atoms with van der Waals surface area (Å²) in [4.78, 5) is 0. The van der Waals surface area contributed by atoms with Crippen molar-refractivity contribution in [2.45, 2.75) is 6.10 Å². The maximum absolute atomic E-state index is 13.1. The lowest BCUT2D eigenvalue weighted by molar-refractivity contribution is 0.220. The lowest BCUT2D eigenvalue weighted by atomic mass is 10.0. The van der Waals surface area contributed by atoms with Crippen molar-refractivity contribution in [3.63, 3.8) is 0 Å². The Morgan fingerprint density at radius 1 is 1.00 bits per heavy atom. The van der Waals surface area contributed by atoms with Crippen molar-refractivity contribution in [2.24, 2.45) is 0 Å². The minimum atomic E-state index is -1.26. The first-order valence-corrected chi connectivity index (χ1v) is 6.62. The minimum Gasteiger partial charge on any atom is -0.384 e. The van der Waals surface area contributed by atoms with Gasteiger partial charge in [0, 0.05) is 16.1 Å². The van der Waals surface area contributed by atoms with Crippen LogP contribution < -0.4 is 0 Å². The van der Waals surface area contributed by atoms with Crippen LogP contribution in [0, 0.1) is 11.6 Å². The van der Waals surface area contributed by atoms with Crippen molar-refractivity contribution in [3.8, 4) is 0 Å². The Bertz CT molecular complexity index is 600. The molecule has 0 saturated carbocycles. The summed E-state index contributed by atoms with van der Waals surface area (Å²) in [6, 6.07) is 3.10. The fourth-order valence-electron chi connectivity index (χ4n) is 1.45. The van der Waals surface area contributed by atoms with E-state index in [0.717, 1.165) is 23.5 Å². The normalized spacial score (nSPS) is 12.8. The molecule has 1 unspecified atom stereocenters. The molecule has 0 aliphatic rings. The summed E-state index contributed by atoms with van der Waals surface area (Å²) in [6.45, 7) is 0. The Kier molecular flexibility index (Phi) is 4.14. The highest BCUT2D eigenvalue weighted by Gasteiger charge is 2.21. The molecule has 0 saturated heterocycles. The van der Waals surface area contributed by atoms with Gasteiger partial charge in [0.15, 0.2) is 11.6 Å². The average molecular weight is 330 g/mol. The summed E-state index contributed by atoms with van der Waals surface area (Å²) in [5.41, 5.74) is 0.339. The van der Waals surface area contributed by atoms with Gasteiger partial charge in [-0.2, -0.15) is 0 Å². The summed E-state index contributed by atoms with van der Waals surface area (Å²) >= 11 is 18.5. The summed E-state index contributed by atoms with van der Waals surface area (Å²) < 4.78 is 26.7. The van der Waals surface area contributed by atoms with E-state index < -0.39 is 17.7 Å². The lowest BCUT2D eigenvalue weighted by Crippen LogP contribution is -2.01. The molecule has 7 heteroatoms. The van der Waals surface area contributed by atoms with E-state index in [2.05, 4.69) is 0 Å². The second-order valence-electron chi connectivity index (χ2n) is 3.47. The highest BCUT2D eigenvalue weighted by molar-refractivity contribution is 7.20. The van der Waals surface area contributed by atoms with Gasteiger partial charge < -0.3 is 5.11 Å². The summed E-state index contributed by atoms with van der Waals surface area (Å²) in [7, 11) is 0. The van der Waals surface area contributed by atoms with Crippen molar-refractivity contribution in [1.29, 1.82) is 0 Å². The molecule has 2 rings (SSSR count). The van der Waals surface area contributed by atoms with Crippen LogP contribution in [0.25, 0.3) is 0 Å². The number of hydrogen-bond donors (Lipinski definition) is 1. The molecule has 1 nitrogen and oxygen atoms in total. The van der Waals surface area contributed by atoms with E-state index in [-0.39, 0.29) is 14.9 Å². The number of aliphatic hydroxyl groups is 1. The predicted octanol–water partition coefficient (Wildman–Crippen LogP) is 5.07. The van der Waals surface area contributed by atoms with Crippen LogP contribution in [-0.2, 0) is 0 Å². The van der Waals surface area contributed by atoms with Crippen molar-refractivity contribution in [2.75, 3.05) is 0 Å². The Labute approximate surface area is 121 Å². The fourth-order valence-corrected chi connectivity index (χ4v) is 3.23. The van der Waals surface area contributed by atoms with E-state index in [4.69, 9.17) is 34.8 Å². The number of aliphatic hydroxyl groups excluding tert-OH is 1. The van der Waals surface area contributed by atoms with Gasteiger partial charge in [0.25, 0.3) is 0 Å². The molecule has 1 aromatic carbocycles. The molecule has 1 atom stereocenters. The van der Waals surface area contributed by atoms with Gasteiger partial charge in [-0.3, -0.25) is 0 Å². The highest BCUT2D eigenvalue weighted by Crippen LogP contribution is 2.39. The zero-order valence-corrected chi connectivity index (χ0v) is 11.6. The van der Waals surface area contributed by atoms with E-state index in [1.807, 2.05) is 0 Å². The van der Waals surface area contributed by atoms with Gasteiger partial charge in [0.1, 0.15) is 10.4 Å². The van der Waals surface area contributed by atoms with Crippen molar-refractivity contribution in [3.05, 3.63) is 54.7 Å². The summed E-state index contributed by atoms with van der Waals surface area (Å²) in [6.07, 6.45) is -1.26. The Morgan fingerprint density at radius 2 is 1.61 bits per heavy atom. The van der Waals surface area contributed by atoms with E-state index in [9.17, 15) is 13.9 Å². The summed E-state index contributed by atoms with van der Waals surface area (Å²) in [5, 5.41) is 9.99. The van der Waals surface area contributed by atoms with E-state index in [1.54, 1.807) is 0 Å². The molecule has 1 heterocycles. The third-order valence-corrected chi connectivity index (χ3v) is 4.16. The molecule has 0 fully saturated rings. The second-order valence-corrected chi connectivity index (χ2v) is 6.16. The van der Waals surface area contributed by atoms with Crippen LogP contribution in [0.5, 0.6) is 0 Å². The van der Waals surface area contributed by atoms with E-state index in [1.165, 1.54) is 6.07 Å². The van der Waals surface area contributed by atoms with Gasteiger partial charge >= 0.3 is 0 Å². The van der Waals surface area contributed by atoms with Crippen LogP contribution >= 0.6 is 46.1 Å². The predicted molar refractivity (Wildman–Crippen MR) is 69.8 cm³/mol. The monoisotopic (exact) mass is 328 g/mol. The van der Waals surface area contributed by atoms with Crippen LogP contribution in [-0.4, -0.2) is 5.11 Å². The van der Waals surface area contributed by atoms with Crippen LogP contribution in [0.2, 0.25) is 13.7 Å². The number of hydrogen-bond acceptors (Lipinski definition) is 2. The van der Waals surface area contributed by atoms with Crippen molar-refractivity contribution in [1.82, 2.24) is 0 Å². The van der Waals surface area contributed by atoms with Gasteiger partial charge in [-0.1, -0.05) is 34.8 Å². The zero-order valence-electron chi connectivity index (χ0n) is 8.55. The van der Waals surface area contributed by atoms with Crippen LogP contribution in [0.3, 0.4) is 0 Å². The topological polar surface area (TPSA) is 20.2 Å². The molecule has 1 aromatic heterocycles. The molecular formula is C11H5Cl3F2OS. The molecule has 0 radical (unpaired) electrons. The second kappa shape index (κ2) is 5.31. The molecular weight excluding hydrogens is 325 g/mol. The third-order valence-electron chi connectivity index (χ3n) is 2.31.